The molecule has 38 heavy (non-hydrogen) atoms. The van der Waals surface area contributed by atoms with Crippen molar-refractivity contribution >= 4 is 33.9 Å². The highest BCUT2D eigenvalue weighted by atomic mass is 35.5. The molecule has 5 rings (SSSR count). The van der Waals surface area contributed by atoms with E-state index in [1.165, 1.54) is 30.5 Å². The normalized spacial score (nSPS) is 16.4. The number of hydrogen-bond donors (Lipinski definition) is 3. The molecule has 1 fully saturated rings. The maximum Gasteiger partial charge on any atom is 0.123 e. The van der Waals surface area contributed by atoms with Crippen LogP contribution in [-0.2, 0) is 0 Å². The van der Waals surface area contributed by atoms with Crippen molar-refractivity contribution < 1.29 is 10.9 Å². The minimum atomic E-state index is -1.63. The van der Waals surface area contributed by atoms with Crippen molar-refractivity contribution in [1.82, 2.24) is 20.0 Å². The summed E-state index contributed by atoms with van der Waals surface area (Å²) in [6.45, 7) is 5.81. The fourth-order valence-corrected chi connectivity index (χ4v) is 4.50. The van der Waals surface area contributed by atoms with Gasteiger partial charge in [0.05, 0.1) is 54.1 Å². The van der Waals surface area contributed by atoms with Crippen LogP contribution >= 0.6 is 11.6 Å². The Balaban J connectivity index is 1.63. The molecule has 0 bridgehead atoms. The lowest BCUT2D eigenvalue weighted by Gasteiger charge is -2.31. The number of hydrogen-bond acceptors (Lipinski definition) is 7. The molecule has 2 aromatic heterocycles. The summed E-state index contributed by atoms with van der Waals surface area (Å²) in [5, 5.41) is 35.9. The number of aromatic nitrogens is 4. The molecule has 0 aliphatic heterocycles. The predicted molar refractivity (Wildman–Crippen MR) is 146 cm³/mol. The molecule has 3 N–H and O–H groups in total. The molecule has 0 unspecified atom stereocenters. The van der Waals surface area contributed by atoms with Gasteiger partial charge in [0.1, 0.15) is 17.6 Å². The SMILES string of the molecule is [2H][C@](Nc1cc(Cl)c2ncc(C#N)c(N[C@H](CO)C(C)(C)C)c2c1)(c1ccc(F)cc1)c1cn(C2CC2)nn1. The highest BCUT2D eigenvalue weighted by Crippen LogP contribution is 2.38. The van der Waals surface area contributed by atoms with Crippen molar-refractivity contribution in [2.24, 2.45) is 5.41 Å². The number of fused-ring (bicyclic) bond motifs is 1. The van der Waals surface area contributed by atoms with Crippen LogP contribution in [0.25, 0.3) is 10.9 Å². The first-order chi connectivity index (χ1) is 18.5. The van der Waals surface area contributed by atoms with Crippen LogP contribution in [0.3, 0.4) is 0 Å². The molecule has 0 amide bonds. The van der Waals surface area contributed by atoms with E-state index in [1.54, 1.807) is 23.0 Å². The van der Waals surface area contributed by atoms with Crippen molar-refractivity contribution in [3.63, 3.8) is 0 Å². The standard InChI is InChI=1S/C28H29ClFN7O/c1-28(2,3)24(15-38)34-25-17(12-31)13-32-27-21(25)10-19(11-22(27)29)33-26(16-4-6-18(30)7-5-16)23-14-37(36-35-23)20-8-9-20/h4-7,10-11,13-14,20,24,26,33,38H,8-9,15H2,1-3H3,(H,32,34)/t24-,26+/m1/s1/i26D. The maximum absolute atomic E-state index is 13.8. The lowest BCUT2D eigenvalue weighted by atomic mass is 9.87. The van der Waals surface area contributed by atoms with Crippen LogP contribution in [0.1, 0.15) is 63.9 Å². The number of rotatable bonds is 8. The number of benzene rings is 2. The Morgan fingerprint density at radius 1 is 1.26 bits per heavy atom. The number of aliphatic hydroxyl groups excluding tert-OH is 1. The Labute approximate surface area is 226 Å². The number of halogens is 2. The first kappa shape index (κ1) is 24.6. The Morgan fingerprint density at radius 3 is 2.63 bits per heavy atom. The van der Waals surface area contributed by atoms with E-state index in [2.05, 4.69) is 32.0 Å². The Bertz CT molecular complexity index is 1560. The number of nitrogens with one attached hydrogen (secondary N) is 2. The predicted octanol–water partition coefficient (Wildman–Crippen LogP) is 5.85. The second kappa shape index (κ2) is 10.2. The minimum Gasteiger partial charge on any atom is -0.394 e. The van der Waals surface area contributed by atoms with Gasteiger partial charge >= 0.3 is 0 Å². The van der Waals surface area contributed by atoms with E-state index < -0.39 is 11.8 Å². The molecule has 0 saturated heterocycles. The van der Waals surface area contributed by atoms with Gasteiger partial charge in [0, 0.05) is 17.3 Å². The van der Waals surface area contributed by atoms with Crippen LogP contribution in [0.4, 0.5) is 15.8 Å². The molecule has 1 aliphatic rings. The molecule has 2 aromatic carbocycles. The molecule has 1 aliphatic carbocycles. The van der Waals surface area contributed by atoms with Gasteiger partial charge in [-0.15, -0.1) is 5.10 Å². The highest BCUT2D eigenvalue weighted by molar-refractivity contribution is 6.35. The first-order valence-corrected chi connectivity index (χ1v) is 12.8. The fraction of sp³-hybridized carbons (Fsp3) is 0.357. The zero-order valence-electron chi connectivity index (χ0n) is 22.3. The average Bonchev–Trinajstić information content (AvgIpc) is 3.62. The Morgan fingerprint density at radius 2 is 2.00 bits per heavy atom. The third kappa shape index (κ3) is 5.28. The zero-order valence-corrected chi connectivity index (χ0v) is 22.1. The van der Waals surface area contributed by atoms with E-state index in [-0.39, 0.29) is 24.1 Å². The number of nitrogens with zero attached hydrogens (tertiary/aromatic N) is 5. The first-order valence-electron chi connectivity index (χ1n) is 12.9. The molecule has 2 heterocycles. The average molecular weight is 535 g/mol. The second-order valence-corrected chi connectivity index (χ2v) is 11.0. The summed E-state index contributed by atoms with van der Waals surface area (Å²) < 4.78 is 25.1. The highest BCUT2D eigenvalue weighted by Gasteiger charge is 2.28. The monoisotopic (exact) mass is 534 g/mol. The van der Waals surface area contributed by atoms with E-state index in [0.717, 1.165) is 12.8 Å². The van der Waals surface area contributed by atoms with E-state index in [9.17, 15) is 16.1 Å². The van der Waals surface area contributed by atoms with Crippen molar-refractivity contribution in [3.8, 4) is 6.07 Å². The van der Waals surface area contributed by atoms with Gasteiger partial charge in [-0.3, -0.25) is 4.98 Å². The van der Waals surface area contributed by atoms with Gasteiger partial charge in [-0.05, 0) is 48.1 Å². The quantitative estimate of drug-likeness (QED) is 0.260. The summed E-state index contributed by atoms with van der Waals surface area (Å²) in [7, 11) is 0. The summed E-state index contributed by atoms with van der Waals surface area (Å²) in [5.41, 5.74) is 2.19. The van der Waals surface area contributed by atoms with Gasteiger partial charge < -0.3 is 15.7 Å². The van der Waals surface area contributed by atoms with E-state index >= 15 is 0 Å². The smallest absolute Gasteiger partial charge is 0.123 e. The molecule has 196 valence electrons. The summed E-state index contributed by atoms with van der Waals surface area (Å²) in [5.74, 6) is -0.417. The number of anilines is 2. The third-order valence-electron chi connectivity index (χ3n) is 6.68. The summed E-state index contributed by atoms with van der Waals surface area (Å²) in [6, 6.07) is 9.51. The summed E-state index contributed by atoms with van der Waals surface area (Å²) >= 11 is 6.68. The molecule has 8 nitrogen and oxygen atoms in total. The zero-order chi connectivity index (χ0) is 27.9. The van der Waals surface area contributed by atoms with Crippen molar-refractivity contribution in [2.75, 3.05) is 17.2 Å². The Kier molecular flexibility index (Phi) is 6.60. The molecule has 0 radical (unpaired) electrons. The van der Waals surface area contributed by atoms with Crippen LogP contribution < -0.4 is 10.6 Å². The third-order valence-corrected chi connectivity index (χ3v) is 6.97. The van der Waals surface area contributed by atoms with Crippen LogP contribution in [0.5, 0.6) is 0 Å². The number of nitriles is 1. The van der Waals surface area contributed by atoms with E-state index in [0.29, 0.717) is 44.1 Å². The van der Waals surface area contributed by atoms with Crippen LogP contribution in [0, 0.1) is 22.6 Å². The molecule has 2 atom stereocenters. The molecule has 0 spiro atoms. The van der Waals surface area contributed by atoms with Crippen LogP contribution in [-0.4, -0.2) is 37.7 Å². The topological polar surface area (TPSA) is 112 Å². The van der Waals surface area contributed by atoms with Crippen molar-refractivity contribution in [1.29, 1.82) is 5.26 Å². The maximum atomic E-state index is 13.8. The molecular weight excluding hydrogens is 505 g/mol. The number of aliphatic hydroxyl groups is 1. The second-order valence-electron chi connectivity index (χ2n) is 10.6. The number of pyridine rings is 1. The molecular formula is C28H29ClFN7O. The van der Waals surface area contributed by atoms with Crippen LogP contribution in [0.15, 0.2) is 48.8 Å². The van der Waals surface area contributed by atoms with Gasteiger partial charge in [-0.25, -0.2) is 9.07 Å². The van der Waals surface area contributed by atoms with Gasteiger partial charge in [0.15, 0.2) is 0 Å². The van der Waals surface area contributed by atoms with Gasteiger partial charge in [-0.1, -0.05) is 49.7 Å². The van der Waals surface area contributed by atoms with Gasteiger partial charge in [0.25, 0.3) is 0 Å². The largest absolute Gasteiger partial charge is 0.394 e. The molecule has 10 heteroatoms. The van der Waals surface area contributed by atoms with E-state index in [4.69, 9.17) is 11.6 Å². The minimum absolute atomic E-state index is 0.152. The van der Waals surface area contributed by atoms with Gasteiger partial charge in [-0.2, -0.15) is 5.26 Å². The summed E-state index contributed by atoms with van der Waals surface area (Å²) in [4.78, 5) is 4.40. The Hall–Kier alpha value is -3.74. The lowest BCUT2D eigenvalue weighted by molar-refractivity contribution is 0.202. The molecule has 1 saturated carbocycles. The van der Waals surface area contributed by atoms with Crippen LogP contribution in [0.2, 0.25) is 5.02 Å². The summed E-state index contributed by atoms with van der Waals surface area (Å²) in [6.07, 6.45) is 5.20. The van der Waals surface area contributed by atoms with Crippen molar-refractivity contribution in [2.45, 2.75) is 51.7 Å². The van der Waals surface area contributed by atoms with Crippen molar-refractivity contribution in [3.05, 3.63) is 76.5 Å². The fourth-order valence-electron chi connectivity index (χ4n) is 4.24. The van der Waals surface area contributed by atoms with Gasteiger partial charge in [0.2, 0.25) is 0 Å². The van der Waals surface area contributed by atoms with E-state index in [1.807, 2.05) is 20.8 Å². The lowest BCUT2D eigenvalue weighted by Crippen LogP contribution is -2.37. The molecule has 4 aromatic rings.